The van der Waals surface area contributed by atoms with Gasteiger partial charge in [-0.15, -0.1) is 0 Å². The van der Waals surface area contributed by atoms with Crippen molar-refractivity contribution >= 4 is 21.6 Å². The molecule has 0 fully saturated rings. The van der Waals surface area contributed by atoms with Crippen molar-refractivity contribution in [2.75, 3.05) is 5.73 Å². The molecule has 2 heterocycles. The van der Waals surface area contributed by atoms with Crippen LogP contribution in [0.5, 0.6) is 0 Å². The highest BCUT2D eigenvalue weighted by Gasteiger charge is 2.14. The largest absolute Gasteiger partial charge is 0.472 e. The maximum atomic E-state index is 5.95. The Bertz CT molecular complexity index is 676. The van der Waals surface area contributed by atoms with Crippen LogP contribution in [-0.4, -0.2) is 10.1 Å². The number of furan rings is 1. The predicted octanol–water partition coefficient (Wildman–Crippen LogP) is 3.34. The Kier molecular flexibility index (Phi) is 2.64. The van der Waals surface area contributed by atoms with Crippen LogP contribution in [0.2, 0.25) is 0 Å². The monoisotopic (exact) mass is 305 g/mol. The second kappa shape index (κ2) is 4.30. The molecule has 0 aliphatic carbocycles. The van der Waals surface area contributed by atoms with Crippen LogP contribution in [0.3, 0.4) is 0 Å². The molecule has 6 heteroatoms. The molecule has 0 saturated carbocycles. The fourth-order valence-electron chi connectivity index (χ4n) is 1.57. The number of aromatic nitrogens is 2. The zero-order chi connectivity index (χ0) is 12.5. The van der Waals surface area contributed by atoms with Crippen molar-refractivity contribution in [2.45, 2.75) is 0 Å². The number of hydrogen-bond acceptors (Lipinski definition) is 5. The first-order valence-electron chi connectivity index (χ1n) is 5.16. The van der Waals surface area contributed by atoms with Gasteiger partial charge in [-0.1, -0.05) is 11.2 Å². The zero-order valence-electron chi connectivity index (χ0n) is 9.13. The molecule has 0 bridgehead atoms. The van der Waals surface area contributed by atoms with E-state index in [4.69, 9.17) is 14.7 Å². The molecule has 0 amide bonds. The molecular formula is C12H8BrN3O2. The lowest BCUT2D eigenvalue weighted by Crippen LogP contribution is -1.91. The highest BCUT2D eigenvalue weighted by Crippen LogP contribution is 2.31. The average Bonchev–Trinajstić information content (AvgIpc) is 3.01. The highest BCUT2D eigenvalue weighted by atomic mass is 79.9. The van der Waals surface area contributed by atoms with E-state index in [9.17, 15) is 0 Å². The standard InChI is InChI=1S/C12H8BrN3O2/c13-9-3-1-2-8(10(9)14)12-15-11(16-18-12)7-4-5-17-6-7/h1-6H,14H2. The molecule has 18 heavy (non-hydrogen) atoms. The average molecular weight is 306 g/mol. The molecule has 0 saturated heterocycles. The Morgan fingerprint density at radius 3 is 2.89 bits per heavy atom. The van der Waals surface area contributed by atoms with Gasteiger partial charge in [0.05, 0.1) is 23.1 Å². The topological polar surface area (TPSA) is 78.1 Å². The van der Waals surface area contributed by atoms with Crippen LogP contribution in [0.15, 0.2) is 50.2 Å². The number of nitrogens with two attached hydrogens (primary N) is 1. The quantitative estimate of drug-likeness (QED) is 0.735. The molecule has 2 N–H and O–H groups in total. The molecule has 90 valence electrons. The van der Waals surface area contributed by atoms with Crippen molar-refractivity contribution in [3.05, 3.63) is 41.3 Å². The Morgan fingerprint density at radius 1 is 1.22 bits per heavy atom. The van der Waals surface area contributed by atoms with E-state index in [0.29, 0.717) is 23.0 Å². The summed E-state index contributed by atoms with van der Waals surface area (Å²) in [7, 11) is 0. The molecular weight excluding hydrogens is 298 g/mol. The van der Waals surface area contributed by atoms with Gasteiger partial charge in [0.1, 0.15) is 6.26 Å². The van der Waals surface area contributed by atoms with Crippen LogP contribution < -0.4 is 5.73 Å². The number of benzene rings is 1. The Balaban J connectivity index is 2.06. The van der Waals surface area contributed by atoms with E-state index in [1.807, 2.05) is 18.2 Å². The number of nitrogens with zero attached hydrogens (tertiary/aromatic N) is 2. The van der Waals surface area contributed by atoms with Crippen LogP contribution in [-0.2, 0) is 0 Å². The fraction of sp³-hybridized carbons (Fsp3) is 0. The number of rotatable bonds is 2. The van der Waals surface area contributed by atoms with E-state index in [2.05, 4.69) is 26.1 Å². The summed E-state index contributed by atoms with van der Waals surface area (Å²) >= 11 is 3.36. The highest BCUT2D eigenvalue weighted by molar-refractivity contribution is 9.10. The minimum atomic E-state index is 0.380. The molecule has 2 aromatic heterocycles. The van der Waals surface area contributed by atoms with Crippen LogP contribution in [0, 0.1) is 0 Å². The number of nitrogen functional groups attached to an aromatic ring is 1. The van der Waals surface area contributed by atoms with Gasteiger partial charge in [-0.3, -0.25) is 0 Å². The zero-order valence-corrected chi connectivity index (χ0v) is 10.7. The van der Waals surface area contributed by atoms with Gasteiger partial charge in [-0.25, -0.2) is 0 Å². The lowest BCUT2D eigenvalue weighted by Gasteiger charge is -2.01. The third-order valence-corrected chi connectivity index (χ3v) is 3.18. The molecule has 0 atom stereocenters. The summed E-state index contributed by atoms with van der Waals surface area (Å²) in [6, 6.07) is 7.30. The van der Waals surface area contributed by atoms with E-state index < -0.39 is 0 Å². The van der Waals surface area contributed by atoms with Gasteiger partial charge >= 0.3 is 0 Å². The molecule has 0 spiro atoms. The number of halogens is 1. The molecule has 0 radical (unpaired) electrons. The normalized spacial score (nSPS) is 10.7. The third-order valence-electron chi connectivity index (χ3n) is 2.49. The van der Waals surface area contributed by atoms with Gasteiger partial charge in [-0.2, -0.15) is 4.98 Å². The molecule has 0 aliphatic heterocycles. The number of hydrogen-bond donors (Lipinski definition) is 1. The first-order chi connectivity index (χ1) is 8.75. The van der Waals surface area contributed by atoms with E-state index in [-0.39, 0.29) is 0 Å². The Labute approximate surface area is 111 Å². The first-order valence-corrected chi connectivity index (χ1v) is 5.95. The van der Waals surface area contributed by atoms with Crippen molar-refractivity contribution in [3.8, 4) is 22.8 Å². The van der Waals surface area contributed by atoms with E-state index in [1.165, 1.54) is 0 Å². The lowest BCUT2D eigenvalue weighted by atomic mass is 10.2. The van der Waals surface area contributed by atoms with Crippen molar-refractivity contribution < 1.29 is 8.94 Å². The van der Waals surface area contributed by atoms with Crippen molar-refractivity contribution in [1.29, 1.82) is 0 Å². The van der Waals surface area contributed by atoms with Gasteiger partial charge in [0.15, 0.2) is 0 Å². The van der Waals surface area contributed by atoms with Crippen LogP contribution >= 0.6 is 15.9 Å². The molecule has 1 aromatic carbocycles. The summed E-state index contributed by atoms with van der Waals surface area (Å²) in [5.41, 5.74) is 7.98. The van der Waals surface area contributed by atoms with Crippen LogP contribution in [0.4, 0.5) is 5.69 Å². The van der Waals surface area contributed by atoms with Crippen molar-refractivity contribution in [2.24, 2.45) is 0 Å². The van der Waals surface area contributed by atoms with E-state index in [1.54, 1.807) is 18.6 Å². The van der Waals surface area contributed by atoms with E-state index in [0.717, 1.165) is 10.0 Å². The molecule has 0 aliphatic rings. The van der Waals surface area contributed by atoms with Gasteiger partial charge < -0.3 is 14.7 Å². The summed E-state index contributed by atoms with van der Waals surface area (Å²) in [5, 5.41) is 3.89. The van der Waals surface area contributed by atoms with Crippen LogP contribution in [0.1, 0.15) is 0 Å². The number of anilines is 1. The predicted molar refractivity (Wildman–Crippen MR) is 69.5 cm³/mol. The van der Waals surface area contributed by atoms with Gasteiger partial charge in [-0.05, 0) is 34.1 Å². The lowest BCUT2D eigenvalue weighted by molar-refractivity contribution is 0.432. The second-order valence-corrected chi connectivity index (χ2v) is 4.49. The molecule has 3 rings (SSSR count). The fourth-order valence-corrected chi connectivity index (χ4v) is 1.93. The summed E-state index contributed by atoms with van der Waals surface area (Å²) in [6.07, 6.45) is 3.11. The van der Waals surface area contributed by atoms with Crippen molar-refractivity contribution in [3.63, 3.8) is 0 Å². The maximum absolute atomic E-state index is 5.95. The van der Waals surface area contributed by atoms with Gasteiger partial charge in [0.25, 0.3) is 5.89 Å². The maximum Gasteiger partial charge on any atom is 0.260 e. The summed E-state index contributed by atoms with van der Waals surface area (Å²) in [4.78, 5) is 4.29. The first kappa shape index (κ1) is 11.0. The minimum Gasteiger partial charge on any atom is -0.472 e. The van der Waals surface area contributed by atoms with E-state index >= 15 is 0 Å². The van der Waals surface area contributed by atoms with Crippen LogP contribution in [0.25, 0.3) is 22.8 Å². The Hall–Kier alpha value is -2.08. The molecule has 3 aromatic rings. The smallest absolute Gasteiger partial charge is 0.260 e. The van der Waals surface area contributed by atoms with Gasteiger partial charge in [0.2, 0.25) is 5.82 Å². The summed E-state index contributed by atoms with van der Waals surface area (Å²) in [5.74, 6) is 0.850. The second-order valence-electron chi connectivity index (χ2n) is 3.64. The number of para-hydroxylation sites is 1. The SMILES string of the molecule is Nc1c(Br)cccc1-c1nc(-c2ccoc2)no1. The summed E-state index contributed by atoms with van der Waals surface area (Å²) < 4.78 is 11.0. The Morgan fingerprint density at radius 2 is 2.11 bits per heavy atom. The third kappa shape index (κ3) is 1.80. The van der Waals surface area contributed by atoms with Crippen molar-refractivity contribution in [1.82, 2.24) is 10.1 Å². The summed E-state index contributed by atoms with van der Waals surface area (Å²) in [6.45, 7) is 0. The molecule has 0 unspecified atom stereocenters. The van der Waals surface area contributed by atoms with Gasteiger partial charge in [0, 0.05) is 4.47 Å². The molecule has 5 nitrogen and oxygen atoms in total. The minimum absolute atomic E-state index is 0.380.